The number of hydrogen-bond donors (Lipinski definition) is 7. The molecule has 10 N–H and O–H groups in total. The molecule has 33 heavy (non-hydrogen) atoms. The Balaban J connectivity index is 5.58. The first-order valence-electron chi connectivity index (χ1n) is 10.7. The Hall–Kier alpha value is -3.22. The molecule has 0 aromatic carbocycles. The van der Waals surface area contributed by atoms with E-state index in [1.54, 1.807) is 27.7 Å². The summed E-state index contributed by atoms with van der Waals surface area (Å²) in [5, 5.41) is 16.5. The summed E-state index contributed by atoms with van der Waals surface area (Å²) in [6.07, 6.45) is -0.428. The molecule has 5 unspecified atom stereocenters. The van der Waals surface area contributed by atoms with E-state index in [1.165, 1.54) is 0 Å². The molecule has 0 aliphatic rings. The van der Waals surface area contributed by atoms with Gasteiger partial charge in [0, 0.05) is 0 Å². The molecule has 0 bridgehead atoms. The van der Waals surface area contributed by atoms with Gasteiger partial charge < -0.3 is 38.3 Å². The zero-order chi connectivity index (χ0) is 25.9. The number of aliphatic carboxylic acids is 1. The molecular formula is C20H36N6O7. The van der Waals surface area contributed by atoms with E-state index in [4.69, 9.17) is 17.2 Å². The van der Waals surface area contributed by atoms with Crippen molar-refractivity contribution in [1.29, 1.82) is 0 Å². The van der Waals surface area contributed by atoms with Gasteiger partial charge in [-0.05, 0) is 18.3 Å². The predicted molar refractivity (Wildman–Crippen MR) is 118 cm³/mol. The van der Waals surface area contributed by atoms with Crippen molar-refractivity contribution in [1.82, 2.24) is 16.0 Å². The molecule has 188 valence electrons. The second-order valence-corrected chi connectivity index (χ2v) is 8.41. The zero-order valence-corrected chi connectivity index (χ0v) is 19.4. The fraction of sp³-hybridized carbons (Fsp3) is 0.700. The van der Waals surface area contributed by atoms with E-state index in [9.17, 15) is 33.9 Å². The number of nitrogens with one attached hydrogen (secondary N) is 3. The summed E-state index contributed by atoms with van der Waals surface area (Å²) in [5.74, 6) is -5.93. The van der Waals surface area contributed by atoms with Crippen LogP contribution in [0, 0.1) is 11.8 Å². The lowest BCUT2D eigenvalue weighted by Gasteiger charge is -2.27. The third-order valence-electron chi connectivity index (χ3n) is 4.91. The van der Waals surface area contributed by atoms with Crippen molar-refractivity contribution in [2.45, 2.75) is 77.5 Å². The van der Waals surface area contributed by atoms with E-state index < -0.39 is 72.5 Å². The Bertz CT molecular complexity index is 742. The Morgan fingerprint density at radius 3 is 1.70 bits per heavy atom. The summed E-state index contributed by atoms with van der Waals surface area (Å²) in [6.45, 7) is 7.03. The van der Waals surface area contributed by atoms with Gasteiger partial charge in [0.1, 0.15) is 18.1 Å². The van der Waals surface area contributed by atoms with Crippen molar-refractivity contribution >= 4 is 35.5 Å². The van der Waals surface area contributed by atoms with E-state index in [-0.39, 0.29) is 18.3 Å². The van der Waals surface area contributed by atoms with Crippen LogP contribution in [0.2, 0.25) is 0 Å². The van der Waals surface area contributed by atoms with Gasteiger partial charge in [0.05, 0.1) is 18.9 Å². The first-order chi connectivity index (χ1) is 15.2. The summed E-state index contributed by atoms with van der Waals surface area (Å²) in [6, 6.07) is -5.13. The standard InChI is InChI=1S/C20H36N6O7/c1-5-10(4)16(20(32)33)26-19(31)12(6-9(2)3)25-18(30)13(8-15(23)28)24-17(29)11(21)7-14(22)27/h9-13,16H,5-8,21H2,1-4H3,(H2,22,27)(H2,23,28)(H,24,29)(H,25,30)(H,26,31)(H,32,33). The molecule has 0 saturated heterocycles. The van der Waals surface area contributed by atoms with Crippen molar-refractivity contribution in [3.05, 3.63) is 0 Å². The van der Waals surface area contributed by atoms with Crippen molar-refractivity contribution in [3.63, 3.8) is 0 Å². The molecule has 13 nitrogen and oxygen atoms in total. The van der Waals surface area contributed by atoms with Crippen molar-refractivity contribution in [3.8, 4) is 0 Å². The zero-order valence-electron chi connectivity index (χ0n) is 19.4. The summed E-state index contributed by atoms with van der Waals surface area (Å²) in [7, 11) is 0. The fourth-order valence-corrected chi connectivity index (χ4v) is 2.91. The van der Waals surface area contributed by atoms with Crippen LogP contribution in [-0.2, 0) is 28.8 Å². The van der Waals surface area contributed by atoms with Crippen LogP contribution in [0.25, 0.3) is 0 Å². The maximum Gasteiger partial charge on any atom is 0.326 e. The van der Waals surface area contributed by atoms with Crippen LogP contribution < -0.4 is 33.2 Å². The lowest BCUT2D eigenvalue weighted by Crippen LogP contribution is -2.58. The number of primary amides is 2. The predicted octanol–water partition coefficient (Wildman–Crippen LogP) is -2.30. The second kappa shape index (κ2) is 14.0. The normalized spacial score (nSPS) is 15.5. The van der Waals surface area contributed by atoms with Crippen molar-refractivity contribution in [2.24, 2.45) is 29.0 Å². The molecule has 13 heteroatoms. The van der Waals surface area contributed by atoms with Crippen LogP contribution in [0.5, 0.6) is 0 Å². The van der Waals surface area contributed by atoms with Gasteiger partial charge >= 0.3 is 5.97 Å². The van der Waals surface area contributed by atoms with Gasteiger partial charge in [-0.15, -0.1) is 0 Å². The smallest absolute Gasteiger partial charge is 0.326 e. The van der Waals surface area contributed by atoms with Crippen molar-refractivity contribution < 1.29 is 33.9 Å². The summed E-state index contributed by atoms with van der Waals surface area (Å²) < 4.78 is 0. The van der Waals surface area contributed by atoms with Gasteiger partial charge in [-0.25, -0.2) is 4.79 Å². The Morgan fingerprint density at radius 2 is 1.27 bits per heavy atom. The molecule has 5 amide bonds. The lowest BCUT2D eigenvalue weighted by atomic mass is 9.97. The molecule has 0 aromatic heterocycles. The Kier molecular flexibility index (Phi) is 12.7. The Morgan fingerprint density at radius 1 is 0.788 bits per heavy atom. The first-order valence-corrected chi connectivity index (χ1v) is 10.7. The van der Waals surface area contributed by atoms with Gasteiger partial charge in [-0.3, -0.25) is 24.0 Å². The van der Waals surface area contributed by atoms with Crippen molar-refractivity contribution in [2.75, 3.05) is 0 Å². The highest BCUT2D eigenvalue weighted by Gasteiger charge is 2.32. The van der Waals surface area contributed by atoms with Crippen LogP contribution in [-0.4, -0.2) is 64.8 Å². The molecule has 0 spiro atoms. The third-order valence-corrected chi connectivity index (χ3v) is 4.91. The minimum absolute atomic E-state index is 0.0684. The molecule has 0 rings (SSSR count). The second-order valence-electron chi connectivity index (χ2n) is 8.41. The summed E-state index contributed by atoms with van der Waals surface area (Å²) in [4.78, 5) is 71.7. The molecule has 0 heterocycles. The number of carbonyl (C=O) groups is 6. The fourth-order valence-electron chi connectivity index (χ4n) is 2.91. The van der Waals surface area contributed by atoms with E-state index >= 15 is 0 Å². The van der Waals surface area contributed by atoms with Gasteiger partial charge in [-0.1, -0.05) is 34.1 Å². The number of amides is 5. The van der Waals surface area contributed by atoms with Gasteiger partial charge in [-0.2, -0.15) is 0 Å². The van der Waals surface area contributed by atoms with Gasteiger partial charge in [0.15, 0.2) is 0 Å². The average Bonchev–Trinajstić information content (AvgIpc) is 2.68. The quantitative estimate of drug-likeness (QED) is 0.136. The monoisotopic (exact) mass is 472 g/mol. The van der Waals surface area contributed by atoms with E-state index in [0.29, 0.717) is 6.42 Å². The van der Waals surface area contributed by atoms with Crippen LogP contribution in [0.4, 0.5) is 0 Å². The number of rotatable bonds is 15. The molecule has 0 saturated carbocycles. The first kappa shape index (κ1) is 29.8. The third kappa shape index (κ3) is 11.3. The number of carbonyl (C=O) groups excluding carboxylic acids is 5. The summed E-state index contributed by atoms with van der Waals surface area (Å²) in [5.41, 5.74) is 15.7. The van der Waals surface area contributed by atoms with E-state index in [0.717, 1.165) is 0 Å². The number of hydrogen-bond acceptors (Lipinski definition) is 7. The topological polar surface area (TPSA) is 237 Å². The van der Waals surface area contributed by atoms with Crippen LogP contribution >= 0.6 is 0 Å². The average molecular weight is 473 g/mol. The molecule has 0 radical (unpaired) electrons. The van der Waals surface area contributed by atoms with Gasteiger partial charge in [0.2, 0.25) is 29.5 Å². The van der Waals surface area contributed by atoms with E-state index in [2.05, 4.69) is 16.0 Å². The largest absolute Gasteiger partial charge is 0.480 e. The molecule has 5 atom stereocenters. The van der Waals surface area contributed by atoms with Crippen LogP contribution in [0.3, 0.4) is 0 Å². The van der Waals surface area contributed by atoms with Gasteiger partial charge in [0.25, 0.3) is 0 Å². The maximum absolute atomic E-state index is 12.8. The highest BCUT2D eigenvalue weighted by Crippen LogP contribution is 2.11. The lowest BCUT2D eigenvalue weighted by molar-refractivity contribution is -0.144. The molecule has 0 aromatic rings. The number of carboxylic acid groups (broad SMARTS) is 1. The summed E-state index contributed by atoms with van der Waals surface area (Å²) >= 11 is 0. The Labute approximate surface area is 192 Å². The molecule has 0 aliphatic carbocycles. The molecule has 0 fully saturated rings. The highest BCUT2D eigenvalue weighted by atomic mass is 16.4. The minimum atomic E-state index is -1.47. The van der Waals surface area contributed by atoms with E-state index in [1.807, 2.05) is 0 Å². The number of nitrogens with two attached hydrogens (primary N) is 3. The van der Waals surface area contributed by atoms with Crippen LogP contribution in [0.15, 0.2) is 0 Å². The maximum atomic E-state index is 12.8. The van der Waals surface area contributed by atoms with Crippen LogP contribution in [0.1, 0.15) is 53.4 Å². The SMILES string of the molecule is CCC(C)C(NC(=O)C(CC(C)C)NC(=O)C(CC(N)=O)NC(=O)C(N)CC(N)=O)C(=O)O. The highest BCUT2D eigenvalue weighted by molar-refractivity contribution is 5.96. The minimum Gasteiger partial charge on any atom is -0.480 e. The molecular weight excluding hydrogens is 436 g/mol. The number of carboxylic acids is 1. The molecule has 0 aliphatic heterocycles.